The molecule has 1 fully saturated rings. The topological polar surface area (TPSA) is 57.7 Å². The Morgan fingerprint density at radius 1 is 1.12 bits per heavy atom. The molecule has 1 aliphatic heterocycles. The van der Waals surface area contributed by atoms with Gasteiger partial charge in [-0.2, -0.15) is 4.31 Å². The zero-order chi connectivity index (χ0) is 19.0. The van der Waals surface area contributed by atoms with E-state index in [4.69, 9.17) is 0 Å². The van der Waals surface area contributed by atoms with Crippen LogP contribution in [0.15, 0.2) is 35.2 Å². The highest BCUT2D eigenvalue weighted by atomic mass is 32.2. The average molecular weight is 379 g/mol. The predicted octanol–water partition coefficient (Wildman–Crippen LogP) is 3.52. The van der Waals surface area contributed by atoms with Gasteiger partial charge in [0.1, 0.15) is 0 Å². The van der Waals surface area contributed by atoms with E-state index in [1.165, 1.54) is 6.08 Å². The van der Waals surface area contributed by atoms with Crippen LogP contribution in [0.2, 0.25) is 0 Å². The lowest BCUT2D eigenvalue weighted by Gasteiger charge is -2.19. The molecule has 2 rings (SSSR count). The third-order valence-electron chi connectivity index (χ3n) is 4.72. The third-order valence-corrected chi connectivity index (χ3v) is 6.64. The summed E-state index contributed by atoms with van der Waals surface area (Å²) in [6, 6.07) is 6.76. The Bertz CT molecular complexity index is 703. The Balaban J connectivity index is 2.03. The minimum Gasteiger partial charge on any atom is -0.342 e. The maximum atomic E-state index is 12.8. The van der Waals surface area contributed by atoms with Crippen LogP contribution in [0.25, 0.3) is 6.08 Å². The first-order valence-corrected chi connectivity index (χ1v) is 10.9. The van der Waals surface area contributed by atoms with E-state index in [1.54, 1.807) is 46.6 Å². The molecular formula is C20H30N2O3S. The van der Waals surface area contributed by atoms with Crippen molar-refractivity contribution in [3.63, 3.8) is 0 Å². The molecule has 144 valence electrons. The van der Waals surface area contributed by atoms with Crippen molar-refractivity contribution < 1.29 is 13.2 Å². The molecule has 0 N–H and O–H groups in total. The van der Waals surface area contributed by atoms with Crippen molar-refractivity contribution in [3.8, 4) is 0 Å². The molecule has 6 heteroatoms. The molecule has 0 aromatic heterocycles. The first-order valence-electron chi connectivity index (χ1n) is 9.48. The minimum absolute atomic E-state index is 0.0419. The molecule has 26 heavy (non-hydrogen) atoms. The zero-order valence-corrected chi connectivity index (χ0v) is 16.7. The van der Waals surface area contributed by atoms with Gasteiger partial charge < -0.3 is 4.90 Å². The molecule has 1 amide bonds. The number of carbonyl (C=O) groups excluding carboxylic acids is 1. The smallest absolute Gasteiger partial charge is 0.246 e. The van der Waals surface area contributed by atoms with Crippen molar-refractivity contribution in [3.05, 3.63) is 35.9 Å². The molecule has 0 saturated carbocycles. The Kier molecular flexibility index (Phi) is 7.85. The number of unbranched alkanes of at least 4 members (excludes halogenated alkanes) is 1. The second-order valence-electron chi connectivity index (χ2n) is 6.83. The van der Waals surface area contributed by atoms with Gasteiger partial charge in [-0.25, -0.2) is 8.42 Å². The van der Waals surface area contributed by atoms with E-state index in [9.17, 15) is 13.2 Å². The van der Waals surface area contributed by atoms with Gasteiger partial charge in [0.2, 0.25) is 15.9 Å². The van der Waals surface area contributed by atoms with Crippen LogP contribution in [-0.2, 0) is 14.8 Å². The molecule has 1 aliphatic rings. The molecule has 1 heterocycles. The molecule has 1 aromatic rings. The number of rotatable bonds is 7. The maximum absolute atomic E-state index is 12.8. The Morgan fingerprint density at radius 3 is 2.31 bits per heavy atom. The number of carbonyl (C=O) groups is 1. The average Bonchev–Trinajstić information content (AvgIpc) is 2.94. The van der Waals surface area contributed by atoms with Gasteiger partial charge in [0.25, 0.3) is 0 Å². The van der Waals surface area contributed by atoms with Crippen LogP contribution >= 0.6 is 0 Å². The van der Waals surface area contributed by atoms with Crippen LogP contribution in [0, 0.1) is 0 Å². The lowest BCUT2D eigenvalue weighted by atomic mass is 10.2. The van der Waals surface area contributed by atoms with Gasteiger partial charge in [-0.15, -0.1) is 0 Å². The molecule has 0 spiro atoms. The van der Waals surface area contributed by atoms with Crippen molar-refractivity contribution in [2.75, 3.05) is 26.7 Å². The van der Waals surface area contributed by atoms with Gasteiger partial charge in [0.15, 0.2) is 0 Å². The molecule has 1 saturated heterocycles. The van der Waals surface area contributed by atoms with Crippen molar-refractivity contribution in [2.45, 2.75) is 50.3 Å². The van der Waals surface area contributed by atoms with Gasteiger partial charge in [0, 0.05) is 32.8 Å². The Labute approximate surface area is 157 Å². The van der Waals surface area contributed by atoms with Crippen LogP contribution in [0.4, 0.5) is 0 Å². The fraction of sp³-hybridized carbons (Fsp3) is 0.550. The largest absolute Gasteiger partial charge is 0.342 e. The van der Waals surface area contributed by atoms with Crippen LogP contribution in [0.5, 0.6) is 0 Å². The van der Waals surface area contributed by atoms with E-state index in [2.05, 4.69) is 6.92 Å². The highest BCUT2D eigenvalue weighted by Crippen LogP contribution is 2.21. The lowest BCUT2D eigenvalue weighted by Crippen LogP contribution is -2.31. The van der Waals surface area contributed by atoms with Crippen LogP contribution in [0.1, 0.15) is 51.0 Å². The van der Waals surface area contributed by atoms with Crippen molar-refractivity contribution in [1.29, 1.82) is 0 Å². The van der Waals surface area contributed by atoms with E-state index in [0.717, 1.165) is 50.6 Å². The standard InChI is InChI=1S/C20H30N2O3S/c1-3-4-15-21(2)20(23)14-11-18-9-12-19(13-10-18)26(24,25)22-16-7-5-6-8-17-22/h9-14H,3-8,15-17H2,1-2H3/b14-11+. The Morgan fingerprint density at radius 2 is 1.73 bits per heavy atom. The van der Waals surface area contributed by atoms with E-state index in [1.807, 2.05) is 0 Å². The van der Waals surface area contributed by atoms with Gasteiger partial charge in [-0.1, -0.05) is 38.3 Å². The summed E-state index contributed by atoms with van der Waals surface area (Å²) in [6.07, 6.45) is 9.34. The van der Waals surface area contributed by atoms with Crippen molar-refractivity contribution in [1.82, 2.24) is 9.21 Å². The monoisotopic (exact) mass is 378 g/mol. The summed E-state index contributed by atoms with van der Waals surface area (Å²) < 4.78 is 27.1. The van der Waals surface area contributed by atoms with Gasteiger partial charge in [0.05, 0.1) is 4.90 Å². The SMILES string of the molecule is CCCCN(C)C(=O)/C=C/c1ccc(S(=O)(=O)N2CCCCCC2)cc1. The molecule has 0 bridgehead atoms. The predicted molar refractivity (Wildman–Crippen MR) is 105 cm³/mol. The van der Waals surface area contributed by atoms with Crippen LogP contribution in [-0.4, -0.2) is 50.2 Å². The molecule has 1 aromatic carbocycles. The number of sulfonamides is 1. The fourth-order valence-corrected chi connectivity index (χ4v) is 4.50. The first kappa shape index (κ1) is 20.6. The summed E-state index contributed by atoms with van der Waals surface area (Å²) in [5.41, 5.74) is 0.817. The molecule has 0 atom stereocenters. The number of likely N-dealkylation sites (N-methyl/N-ethyl adjacent to an activating group) is 1. The zero-order valence-electron chi connectivity index (χ0n) is 15.9. The quantitative estimate of drug-likeness (QED) is 0.682. The summed E-state index contributed by atoms with van der Waals surface area (Å²) in [5.74, 6) is -0.0419. The highest BCUT2D eigenvalue weighted by Gasteiger charge is 2.24. The second-order valence-corrected chi connectivity index (χ2v) is 8.77. The number of benzene rings is 1. The highest BCUT2D eigenvalue weighted by molar-refractivity contribution is 7.89. The third kappa shape index (κ3) is 5.68. The fourth-order valence-electron chi connectivity index (χ4n) is 2.98. The minimum atomic E-state index is -3.42. The van der Waals surface area contributed by atoms with E-state index in [0.29, 0.717) is 18.0 Å². The van der Waals surface area contributed by atoms with Crippen LogP contribution in [0.3, 0.4) is 0 Å². The molecular weight excluding hydrogens is 348 g/mol. The maximum Gasteiger partial charge on any atom is 0.246 e. The van der Waals surface area contributed by atoms with E-state index >= 15 is 0 Å². The summed E-state index contributed by atoms with van der Waals surface area (Å²) >= 11 is 0. The summed E-state index contributed by atoms with van der Waals surface area (Å²) in [7, 11) is -1.63. The van der Waals surface area contributed by atoms with Gasteiger partial charge >= 0.3 is 0 Å². The van der Waals surface area contributed by atoms with Crippen LogP contribution < -0.4 is 0 Å². The lowest BCUT2D eigenvalue weighted by molar-refractivity contribution is -0.124. The van der Waals surface area contributed by atoms with Crippen molar-refractivity contribution in [2.24, 2.45) is 0 Å². The second kappa shape index (κ2) is 9.88. The number of hydrogen-bond donors (Lipinski definition) is 0. The summed E-state index contributed by atoms with van der Waals surface area (Å²) in [5, 5.41) is 0. The van der Waals surface area contributed by atoms with Crippen molar-refractivity contribution >= 4 is 22.0 Å². The van der Waals surface area contributed by atoms with Gasteiger partial charge in [-0.05, 0) is 43.0 Å². The Hall–Kier alpha value is -1.66. The summed E-state index contributed by atoms with van der Waals surface area (Å²) in [6.45, 7) is 4.03. The number of nitrogens with zero attached hydrogens (tertiary/aromatic N) is 2. The van der Waals surface area contributed by atoms with E-state index < -0.39 is 10.0 Å². The molecule has 0 aliphatic carbocycles. The normalized spacial score (nSPS) is 16.5. The molecule has 0 radical (unpaired) electrons. The first-order chi connectivity index (χ1) is 12.4. The summed E-state index contributed by atoms with van der Waals surface area (Å²) in [4.78, 5) is 14.0. The molecule has 5 nitrogen and oxygen atoms in total. The number of hydrogen-bond acceptors (Lipinski definition) is 3. The van der Waals surface area contributed by atoms with Gasteiger partial charge in [-0.3, -0.25) is 4.79 Å². The number of amides is 1. The molecule has 0 unspecified atom stereocenters. The van der Waals surface area contributed by atoms with E-state index in [-0.39, 0.29) is 5.91 Å².